The number of fused-ring (bicyclic) bond motifs is 2. The van der Waals surface area contributed by atoms with Gasteiger partial charge in [-0.3, -0.25) is 4.98 Å². The van der Waals surface area contributed by atoms with E-state index in [1.165, 1.54) is 12.3 Å². The predicted octanol–water partition coefficient (Wildman–Crippen LogP) is 3.86. The molecule has 3 aromatic rings. The number of hydrogen-bond donors (Lipinski definition) is 2. The van der Waals surface area contributed by atoms with Gasteiger partial charge in [-0.2, -0.15) is 5.26 Å². The van der Waals surface area contributed by atoms with Crippen LogP contribution >= 0.6 is 0 Å². The Balaban J connectivity index is 1.63. The van der Waals surface area contributed by atoms with Crippen LogP contribution in [0.4, 0.5) is 33.5 Å². The lowest BCUT2D eigenvalue weighted by Gasteiger charge is -2.33. The van der Waals surface area contributed by atoms with Gasteiger partial charge in [-0.15, -0.1) is 0 Å². The average Bonchev–Trinajstić information content (AvgIpc) is 3.56. The number of nitrogens with zero attached hydrogens (tertiary/aromatic N) is 4. The van der Waals surface area contributed by atoms with E-state index in [1.807, 2.05) is 6.07 Å². The first-order valence-electron chi connectivity index (χ1n) is 9.65. The van der Waals surface area contributed by atoms with Crippen LogP contribution in [0, 0.1) is 34.7 Å². The molecule has 3 atom stereocenters. The van der Waals surface area contributed by atoms with Gasteiger partial charge in [0.05, 0.1) is 11.8 Å². The molecule has 2 aliphatic rings. The number of pyridine rings is 2. The minimum Gasteiger partial charge on any atom is -0.462 e. The van der Waals surface area contributed by atoms with E-state index in [-0.39, 0.29) is 34.4 Å². The molecule has 1 unspecified atom stereocenters. The van der Waals surface area contributed by atoms with Crippen molar-refractivity contribution >= 4 is 28.4 Å². The molecule has 0 spiro atoms. The molecule has 12 heteroatoms. The molecule has 0 amide bonds. The molecule has 1 aliphatic heterocycles. The third-order valence-electron chi connectivity index (χ3n) is 5.72. The van der Waals surface area contributed by atoms with Crippen molar-refractivity contribution in [2.24, 2.45) is 16.6 Å². The van der Waals surface area contributed by atoms with E-state index in [9.17, 15) is 22.0 Å². The maximum Gasteiger partial charge on any atom is 0.283 e. The average molecular weight is 460 g/mol. The number of nitriles is 1. The maximum absolute atomic E-state index is 14.8. The molecule has 5 rings (SSSR count). The second kappa shape index (κ2) is 7.26. The highest BCUT2D eigenvalue weighted by Crippen LogP contribution is 2.56. The quantitative estimate of drug-likeness (QED) is 0.573. The first-order chi connectivity index (χ1) is 15.7. The fraction of sp³-hybridized carbons (Fsp3) is 0.238. The van der Waals surface area contributed by atoms with Crippen LogP contribution in [-0.4, -0.2) is 28.5 Å². The molecule has 1 saturated carbocycles. The predicted molar refractivity (Wildman–Crippen MR) is 106 cm³/mol. The van der Waals surface area contributed by atoms with E-state index in [0.717, 1.165) is 18.3 Å². The number of anilines is 2. The van der Waals surface area contributed by atoms with E-state index < -0.39 is 53.0 Å². The summed E-state index contributed by atoms with van der Waals surface area (Å²) >= 11 is 0. The molecule has 33 heavy (non-hydrogen) atoms. The number of ether oxygens (including phenoxy) is 1. The van der Waals surface area contributed by atoms with E-state index >= 15 is 0 Å². The zero-order valence-corrected chi connectivity index (χ0v) is 16.5. The fourth-order valence-corrected chi connectivity index (χ4v) is 4.13. The zero-order chi connectivity index (χ0) is 23.5. The number of aromatic nitrogens is 2. The lowest BCUT2D eigenvalue weighted by atomic mass is 9.84. The van der Waals surface area contributed by atoms with Crippen LogP contribution < -0.4 is 11.1 Å². The molecule has 3 heterocycles. The summed E-state index contributed by atoms with van der Waals surface area (Å²) in [7, 11) is 0. The maximum atomic E-state index is 14.8. The third kappa shape index (κ3) is 3.19. The summed E-state index contributed by atoms with van der Waals surface area (Å²) in [6.07, 6.45) is -1.67. The van der Waals surface area contributed by atoms with Crippen LogP contribution in [0.1, 0.15) is 17.5 Å². The molecule has 1 aliphatic carbocycles. The van der Waals surface area contributed by atoms with Gasteiger partial charge in [0.1, 0.15) is 17.7 Å². The number of nitrogens with one attached hydrogen (secondary N) is 1. The zero-order valence-electron chi connectivity index (χ0n) is 16.5. The lowest BCUT2D eigenvalue weighted by Crippen LogP contribution is -2.43. The van der Waals surface area contributed by atoms with Crippen molar-refractivity contribution in [2.45, 2.75) is 24.5 Å². The van der Waals surface area contributed by atoms with Crippen LogP contribution in [-0.2, 0) is 10.3 Å². The van der Waals surface area contributed by atoms with Gasteiger partial charge in [0.25, 0.3) is 12.4 Å². The second-order valence-corrected chi connectivity index (χ2v) is 7.71. The van der Waals surface area contributed by atoms with Gasteiger partial charge in [-0.1, -0.05) is 0 Å². The third-order valence-corrected chi connectivity index (χ3v) is 5.72. The minimum absolute atomic E-state index is 0.000514. The summed E-state index contributed by atoms with van der Waals surface area (Å²) in [5.41, 5.74) is 2.38. The summed E-state index contributed by atoms with van der Waals surface area (Å²) in [6, 6.07) is 4.29. The molecule has 1 fully saturated rings. The van der Waals surface area contributed by atoms with Crippen molar-refractivity contribution < 1.29 is 26.7 Å². The number of hydrogen-bond acceptors (Lipinski definition) is 7. The molecule has 0 bridgehead atoms. The standard InChI is InChI=1S/C21H13F5N6O/c22-13-3-9(31-18-17-10(14(23)7-30-18)1-8(5-27)6-29-17)2-12(16(13)24)21(19(25)26)11-4-15(11)33-20(28)32-21/h1-3,6-7,11,15,19H,4H2,(H2,28,32)(H,30,31)/t11?,15-,21+/m1/s1. The summed E-state index contributed by atoms with van der Waals surface area (Å²) in [5, 5.41) is 11.6. The number of alkyl halides is 2. The summed E-state index contributed by atoms with van der Waals surface area (Å²) in [6.45, 7) is 0. The van der Waals surface area contributed by atoms with E-state index in [0.29, 0.717) is 0 Å². The van der Waals surface area contributed by atoms with Gasteiger partial charge in [-0.05, 0) is 18.6 Å². The molecule has 2 aromatic heterocycles. The van der Waals surface area contributed by atoms with Gasteiger partial charge >= 0.3 is 0 Å². The number of aliphatic imine (C=N–C) groups is 1. The molecule has 168 valence electrons. The topological polar surface area (TPSA) is 109 Å². The molecule has 0 radical (unpaired) electrons. The molecular formula is C21H13F5N6O. The Labute approximate surface area is 182 Å². The number of halogens is 5. The number of benzene rings is 1. The Hall–Kier alpha value is -4.01. The Morgan fingerprint density at radius 3 is 2.67 bits per heavy atom. The number of nitrogens with two attached hydrogens (primary N) is 1. The first-order valence-corrected chi connectivity index (χ1v) is 9.65. The number of amidine groups is 1. The molecular weight excluding hydrogens is 447 g/mol. The highest BCUT2D eigenvalue weighted by Gasteiger charge is 2.64. The van der Waals surface area contributed by atoms with Crippen LogP contribution in [0.25, 0.3) is 10.9 Å². The Bertz CT molecular complexity index is 1370. The molecule has 0 saturated heterocycles. The van der Waals surface area contributed by atoms with Gasteiger partial charge in [0, 0.05) is 34.8 Å². The fourth-order valence-electron chi connectivity index (χ4n) is 4.13. The largest absolute Gasteiger partial charge is 0.462 e. The van der Waals surface area contributed by atoms with Crippen molar-refractivity contribution in [3.8, 4) is 6.07 Å². The van der Waals surface area contributed by atoms with Crippen molar-refractivity contribution in [3.63, 3.8) is 0 Å². The molecule has 1 aromatic carbocycles. The van der Waals surface area contributed by atoms with Crippen molar-refractivity contribution in [3.05, 3.63) is 59.2 Å². The monoisotopic (exact) mass is 460 g/mol. The van der Waals surface area contributed by atoms with Crippen LogP contribution in [0.15, 0.2) is 35.6 Å². The van der Waals surface area contributed by atoms with Crippen LogP contribution in [0.2, 0.25) is 0 Å². The Morgan fingerprint density at radius 2 is 1.94 bits per heavy atom. The Morgan fingerprint density at radius 1 is 1.15 bits per heavy atom. The van der Waals surface area contributed by atoms with Crippen LogP contribution in [0.3, 0.4) is 0 Å². The molecule has 7 nitrogen and oxygen atoms in total. The van der Waals surface area contributed by atoms with Crippen molar-refractivity contribution in [1.29, 1.82) is 5.26 Å². The minimum atomic E-state index is -3.20. The summed E-state index contributed by atoms with van der Waals surface area (Å²) in [5.74, 6) is -4.59. The normalized spacial score (nSPS) is 23.5. The van der Waals surface area contributed by atoms with E-state index in [1.54, 1.807) is 0 Å². The van der Waals surface area contributed by atoms with Crippen molar-refractivity contribution in [1.82, 2.24) is 9.97 Å². The molecule has 3 N–H and O–H groups in total. The second-order valence-electron chi connectivity index (χ2n) is 7.71. The van der Waals surface area contributed by atoms with E-state index in [2.05, 4.69) is 20.3 Å². The number of rotatable bonds is 4. The van der Waals surface area contributed by atoms with E-state index in [4.69, 9.17) is 15.7 Å². The highest BCUT2D eigenvalue weighted by molar-refractivity contribution is 5.90. The van der Waals surface area contributed by atoms with Gasteiger partial charge in [-0.25, -0.2) is 31.9 Å². The Kier molecular flexibility index (Phi) is 4.59. The highest BCUT2D eigenvalue weighted by atomic mass is 19.3. The first kappa shape index (κ1) is 20.9. The van der Waals surface area contributed by atoms with Crippen LogP contribution in [0.5, 0.6) is 0 Å². The van der Waals surface area contributed by atoms with Gasteiger partial charge in [0.2, 0.25) is 0 Å². The smallest absolute Gasteiger partial charge is 0.283 e. The lowest BCUT2D eigenvalue weighted by molar-refractivity contribution is 0.0173. The van der Waals surface area contributed by atoms with Crippen molar-refractivity contribution in [2.75, 3.05) is 5.32 Å². The van der Waals surface area contributed by atoms with Gasteiger partial charge < -0.3 is 15.8 Å². The summed E-state index contributed by atoms with van der Waals surface area (Å²) in [4.78, 5) is 11.6. The summed E-state index contributed by atoms with van der Waals surface area (Å²) < 4.78 is 77.3. The van der Waals surface area contributed by atoms with Gasteiger partial charge in [0.15, 0.2) is 28.8 Å². The SMILES string of the molecule is N#Cc1cnc2c(Nc3cc(F)c(F)c([C@@]4(C(F)F)N=C(N)O[C@@H]5CC54)c3)ncc(F)c2c1.